The Morgan fingerprint density at radius 1 is 0.469 bits per heavy atom. The molecule has 0 saturated carbocycles. The quantitative estimate of drug-likeness (QED) is 0.0826. The first-order valence-electron chi connectivity index (χ1n) is 14.0. The summed E-state index contributed by atoms with van der Waals surface area (Å²) < 4.78 is 101. The number of azo groups is 2. The molecule has 0 aliphatic rings. The molecule has 0 aliphatic carbocycles. The summed E-state index contributed by atoms with van der Waals surface area (Å²) in [5.41, 5.74) is 1.71. The van der Waals surface area contributed by atoms with Crippen molar-refractivity contribution in [3.8, 4) is 0 Å². The Balaban J connectivity index is 1.47. The Bertz CT molecular complexity index is 2670. The third kappa shape index (κ3) is 7.36. The lowest BCUT2D eigenvalue weighted by Crippen LogP contribution is -2.01. The van der Waals surface area contributed by atoms with Gasteiger partial charge in [-0.05, 0) is 72.8 Å². The van der Waals surface area contributed by atoms with Crippen LogP contribution in [0.25, 0.3) is 21.5 Å². The van der Waals surface area contributed by atoms with E-state index in [0.29, 0.717) is 22.1 Å². The van der Waals surface area contributed by atoms with Crippen molar-refractivity contribution in [2.24, 2.45) is 20.5 Å². The summed E-state index contributed by atoms with van der Waals surface area (Å²) in [7, 11) is -13.8. The number of benzene rings is 6. The molecule has 0 aromatic heterocycles. The summed E-state index contributed by atoms with van der Waals surface area (Å²) in [5.74, 6) is 0. The van der Waals surface area contributed by atoms with Crippen LogP contribution in [-0.4, -0.2) is 38.9 Å². The maximum absolute atomic E-state index is 12.4. The molecular formula is C32H23N5O9S3. The highest BCUT2D eigenvalue weighted by Crippen LogP contribution is 2.40. The summed E-state index contributed by atoms with van der Waals surface area (Å²) in [5, 5.41) is 21.1. The minimum Gasteiger partial charge on any atom is -0.355 e. The van der Waals surface area contributed by atoms with Crippen LogP contribution in [0.3, 0.4) is 0 Å². The van der Waals surface area contributed by atoms with Crippen molar-refractivity contribution < 1.29 is 38.9 Å². The van der Waals surface area contributed by atoms with Crippen molar-refractivity contribution in [1.29, 1.82) is 0 Å². The average molecular weight is 718 g/mol. The van der Waals surface area contributed by atoms with Gasteiger partial charge >= 0.3 is 0 Å². The molecule has 6 aromatic rings. The zero-order valence-corrected chi connectivity index (χ0v) is 27.2. The van der Waals surface area contributed by atoms with E-state index in [1.54, 1.807) is 42.5 Å². The summed E-state index contributed by atoms with van der Waals surface area (Å²) in [6, 6.07) is 28.2. The Morgan fingerprint density at radius 2 is 1.06 bits per heavy atom. The third-order valence-corrected chi connectivity index (χ3v) is 9.80. The van der Waals surface area contributed by atoms with Crippen LogP contribution in [0.1, 0.15) is 0 Å². The molecular weight excluding hydrogens is 695 g/mol. The first kappa shape index (κ1) is 33.5. The molecule has 0 fully saturated rings. The van der Waals surface area contributed by atoms with E-state index >= 15 is 0 Å². The molecule has 248 valence electrons. The first-order valence-corrected chi connectivity index (χ1v) is 18.3. The van der Waals surface area contributed by atoms with Gasteiger partial charge in [-0.1, -0.05) is 42.5 Å². The van der Waals surface area contributed by atoms with E-state index in [4.69, 9.17) is 0 Å². The molecule has 0 radical (unpaired) electrons. The van der Waals surface area contributed by atoms with Gasteiger partial charge in [-0.25, -0.2) is 0 Å². The number of para-hydroxylation sites is 1. The standard InChI is InChI=1S/C32H23N5O9S3/c38-47(39,40)22-9-4-8-21(18-22)34-35-29-15-14-27(24-13-12-23(19-26(24)29)48(41,42)43)36-37-28-16-17-30(33-20-6-2-1-3-7-20)32-25(28)10-5-11-31(32)49(44,45)46/h1-19,33H,(H,38,39,40)(H,41,42,43)(H,44,45,46). The molecule has 6 aromatic carbocycles. The maximum Gasteiger partial charge on any atom is 0.295 e. The normalized spacial score (nSPS) is 12.7. The lowest BCUT2D eigenvalue weighted by molar-refractivity contribution is 0.481. The van der Waals surface area contributed by atoms with Gasteiger partial charge in [0.05, 0.1) is 32.5 Å². The van der Waals surface area contributed by atoms with Gasteiger partial charge in [0.15, 0.2) is 0 Å². The van der Waals surface area contributed by atoms with Gasteiger partial charge in [-0.15, -0.1) is 15.3 Å². The van der Waals surface area contributed by atoms with Crippen molar-refractivity contribution >= 4 is 86.0 Å². The van der Waals surface area contributed by atoms with E-state index in [1.165, 1.54) is 48.5 Å². The molecule has 49 heavy (non-hydrogen) atoms. The SMILES string of the molecule is O=S(=O)(O)c1cccc(N=Nc2ccc(N=Nc3ccc(Nc4ccccc4)c4c(S(=O)(=O)O)cccc34)c3ccc(S(=O)(=O)O)cc23)c1. The number of hydrogen-bond donors (Lipinski definition) is 4. The van der Waals surface area contributed by atoms with Crippen molar-refractivity contribution in [3.63, 3.8) is 0 Å². The maximum atomic E-state index is 12.4. The van der Waals surface area contributed by atoms with E-state index in [0.717, 1.165) is 18.2 Å². The van der Waals surface area contributed by atoms with Crippen molar-refractivity contribution in [1.82, 2.24) is 0 Å². The predicted molar refractivity (Wildman–Crippen MR) is 182 cm³/mol. The molecule has 17 heteroatoms. The van der Waals surface area contributed by atoms with Crippen LogP contribution in [0, 0.1) is 0 Å². The Morgan fingerprint density at radius 3 is 1.73 bits per heavy atom. The first-order chi connectivity index (χ1) is 23.2. The minimum absolute atomic E-state index is 0.0688. The lowest BCUT2D eigenvalue weighted by Gasteiger charge is -2.14. The molecule has 0 heterocycles. The summed E-state index contributed by atoms with van der Waals surface area (Å²) >= 11 is 0. The van der Waals surface area contributed by atoms with E-state index < -0.39 is 40.1 Å². The number of nitrogens with one attached hydrogen (secondary N) is 1. The predicted octanol–water partition coefficient (Wildman–Crippen LogP) is 8.31. The Labute approximate surface area is 279 Å². The molecule has 0 amide bonds. The zero-order valence-electron chi connectivity index (χ0n) is 24.8. The van der Waals surface area contributed by atoms with Gasteiger partial charge in [0.1, 0.15) is 4.90 Å². The zero-order chi connectivity index (χ0) is 35.0. The summed E-state index contributed by atoms with van der Waals surface area (Å²) in [4.78, 5) is -1.19. The largest absolute Gasteiger partial charge is 0.355 e. The molecule has 0 saturated heterocycles. The van der Waals surface area contributed by atoms with Gasteiger partial charge in [-0.2, -0.15) is 30.4 Å². The van der Waals surface area contributed by atoms with Gasteiger partial charge in [0, 0.05) is 32.9 Å². The minimum atomic E-state index is -4.66. The number of rotatable bonds is 9. The van der Waals surface area contributed by atoms with Crippen LogP contribution in [0.2, 0.25) is 0 Å². The fraction of sp³-hybridized carbons (Fsp3) is 0. The van der Waals surface area contributed by atoms with Crippen molar-refractivity contribution in [3.05, 3.63) is 115 Å². The average Bonchev–Trinajstić information content (AvgIpc) is 3.06. The number of fused-ring (bicyclic) bond motifs is 2. The highest BCUT2D eigenvalue weighted by Gasteiger charge is 2.19. The van der Waals surface area contributed by atoms with Crippen LogP contribution in [-0.2, 0) is 30.4 Å². The highest BCUT2D eigenvalue weighted by atomic mass is 32.2. The number of hydrogen-bond acceptors (Lipinski definition) is 11. The van der Waals surface area contributed by atoms with Gasteiger partial charge < -0.3 is 5.32 Å². The fourth-order valence-corrected chi connectivity index (χ4v) is 6.75. The summed E-state index contributed by atoms with van der Waals surface area (Å²) in [6.45, 7) is 0. The molecule has 0 atom stereocenters. The monoisotopic (exact) mass is 717 g/mol. The van der Waals surface area contributed by atoms with Crippen LogP contribution < -0.4 is 5.32 Å². The van der Waals surface area contributed by atoms with Crippen molar-refractivity contribution in [2.75, 3.05) is 5.32 Å². The number of anilines is 2. The van der Waals surface area contributed by atoms with Crippen molar-refractivity contribution in [2.45, 2.75) is 14.7 Å². The third-order valence-electron chi connectivity index (χ3n) is 7.20. The van der Waals surface area contributed by atoms with Gasteiger partial charge in [-0.3, -0.25) is 13.7 Å². The summed E-state index contributed by atoms with van der Waals surface area (Å²) in [6.07, 6.45) is 0. The van der Waals surface area contributed by atoms with E-state index in [1.807, 2.05) is 6.07 Å². The molecule has 0 unspecified atom stereocenters. The molecule has 0 bridgehead atoms. The topological polar surface area (TPSA) is 225 Å². The Hall–Kier alpha value is -5.43. The highest BCUT2D eigenvalue weighted by molar-refractivity contribution is 7.86. The van der Waals surface area contributed by atoms with Crippen LogP contribution in [0.4, 0.5) is 34.1 Å². The second-order valence-electron chi connectivity index (χ2n) is 10.4. The van der Waals surface area contributed by atoms with Gasteiger partial charge in [0.25, 0.3) is 30.4 Å². The molecule has 14 nitrogen and oxygen atoms in total. The van der Waals surface area contributed by atoms with E-state index in [9.17, 15) is 38.9 Å². The second kappa shape index (κ2) is 12.9. The van der Waals surface area contributed by atoms with Crippen LogP contribution in [0.15, 0.2) is 150 Å². The van der Waals surface area contributed by atoms with E-state index in [2.05, 4.69) is 25.8 Å². The molecule has 4 N–H and O–H groups in total. The smallest absolute Gasteiger partial charge is 0.295 e. The Kier molecular flexibility index (Phi) is 8.80. The molecule has 0 spiro atoms. The van der Waals surface area contributed by atoms with E-state index in [-0.39, 0.29) is 38.4 Å². The molecule has 0 aliphatic heterocycles. The fourth-order valence-electron chi connectivity index (χ4n) is 5.00. The van der Waals surface area contributed by atoms with Crippen LogP contribution >= 0.6 is 0 Å². The van der Waals surface area contributed by atoms with Crippen LogP contribution in [0.5, 0.6) is 0 Å². The molecule has 6 rings (SSSR count). The number of nitrogens with zero attached hydrogens (tertiary/aromatic N) is 4. The van der Waals surface area contributed by atoms with Gasteiger partial charge in [0.2, 0.25) is 0 Å². The lowest BCUT2D eigenvalue weighted by atomic mass is 10.1. The second-order valence-corrected chi connectivity index (χ2v) is 14.7.